The van der Waals surface area contributed by atoms with E-state index in [2.05, 4.69) is 36.0 Å². The summed E-state index contributed by atoms with van der Waals surface area (Å²) in [6.45, 7) is 8.30. The van der Waals surface area contributed by atoms with Gasteiger partial charge in [0.05, 0.1) is 17.0 Å². The molecule has 0 aromatic carbocycles. The lowest BCUT2D eigenvalue weighted by molar-refractivity contribution is 0.166. The summed E-state index contributed by atoms with van der Waals surface area (Å²) in [6, 6.07) is 1.88. The first-order chi connectivity index (χ1) is 7.59. The minimum atomic E-state index is 0.146. The molecule has 0 saturated carbocycles. The van der Waals surface area contributed by atoms with Crippen molar-refractivity contribution in [3.05, 3.63) is 18.0 Å². The fourth-order valence-corrected chi connectivity index (χ4v) is 1.48. The van der Waals surface area contributed by atoms with Crippen molar-refractivity contribution in [1.82, 2.24) is 15.2 Å². The van der Waals surface area contributed by atoms with Gasteiger partial charge in [0.2, 0.25) is 5.88 Å². The van der Waals surface area contributed by atoms with Crippen molar-refractivity contribution < 1.29 is 4.74 Å². The highest BCUT2D eigenvalue weighted by atomic mass is 16.5. The third kappa shape index (κ3) is 1.87. The van der Waals surface area contributed by atoms with Gasteiger partial charge < -0.3 is 4.74 Å². The topological polar surface area (TPSA) is 50.8 Å². The second-order valence-corrected chi connectivity index (χ2v) is 4.43. The fraction of sp³-hybridized carbons (Fsp3) is 0.500. The van der Waals surface area contributed by atoms with E-state index >= 15 is 0 Å². The molecule has 0 amide bonds. The molecule has 4 nitrogen and oxygen atoms in total. The Morgan fingerprint density at radius 2 is 2.06 bits per heavy atom. The van der Waals surface area contributed by atoms with Crippen LogP contribution in [-0.2, 0) is 0 Å². The molecular weight excluding hydrogens is 202 g/mol. The van der Waals surface area contributed by atoms with E-state index in [9.17, 15) is 0 Å². The van der Waals surface area contributed by atoms with Gasteiger partial charge in [-0.3, -0.25) is 5.10 Å². The number of nitrogens with one attached hydrogen (secondary N) is 1. The third-order valence-corrected chi connectivity index (χ3v) is 2.85. The molecule has 86 valence electrons. The maximum absolute atomic E-state index is 5.86. The molecule has 0 aliphatic heterocycles. The van der Waals surface area contributed by atoms with Gasteiger partial charge in [-0.25, -0.2) is 4.98 Å². The maximum atomic E-state index is 5.86. The first-order valence-corrected chi connectivity index (χ1v) is 5.56. The minimum Gasteiger partial charge on any atom is -0.474 e. The van der Waals surface area contributed by atoms with E-state index in [1.165, 1.54) is 0 Å². The predicted molar refractivity (Wildman–Crippen MR) is 63.6 cm³/mol. The Morgan fingerprint density at radius 1 is 1.31 bits per heavy atom. The van der Waals surface area contributed by atoms with Crippen LogP contribution in [0.3, 0.4) is 0 Å². The summed E-state index contributed by atoms with van der Waals surface area (Å²) in [7, 11) is 0. The first-order valence-electron chi connectivity index (χ1n) is 5.56. The van der Waals surface area contributed by atoms with Crippen LogP contribution in [0.15, 0.2) is 12.3 Å². The van der Waals surface area contributed by atoms with Gasteiger partial charge in [-0.2, -0.15) is 5.10 Å². The lowest BCUT2D eigenvalue weighted by Gasteiger charge is -2.17. The molecule has 2 aromatic heterocycles. The van der Waals surface area contributed by atoms with E-state index in [1.54, 1.807) is 6.20 Å². The van der Waals surface area contributed by atoms with Crippen LogP contribution in [0.1, 0.15) is 26.5 Å². The van der Waals surface area contributed by atoms with Gasteiger partial charge in [-0.1, -0.05) is 13.8 Å². The molecular formula is C12H17N3O. The third-order valence-electron chi connectivity index (χ3n) is 2.85. The molecule has 0 bridgehead atoms. The van der Waals surface area contributed by atoms with Crippen molar-refractivity contribution in [3.8, 4) is 5.88 Å². The predicted octanol–water partition coefficient (Wildman–Crippen LogP) is 2.69. The van der Waals surface area contributed by atoms with E-state index in [4.69, 9.17) is 4.74 Å². The Kier molecular flexibility index (Phi) is 2.81. The van der Waals surface area contributed by atoms with Crippen molar-refractivity contribution in [2.24, 2.45) is 5.92 Å². The summed E-state index contributed by atoms with van der Waals surface area (Å²) in [5.74, 6) is 1.13. The number of aromatic nitrogens is 3. The SMILES string of the molecule is Cc1[nH]nc2ccnc(OC(C)C(C)C)c12. The highest BCUT2D eigenvalue weighted by molar-refractivity contribution is 5.85. The maximum Gasteiger partial charge on any atom is 0.225 e. The average Bonchev–Trinajstić information content (AvgIpc) is 2.61. The number of H-pyrrole nitrogens is 1. The summed E-state index contributed by atoms with van der Waals surface area (Å²) < 4.78 is 5.86. The van der Waals surface area contributed by atoms with Crippen molar-refractivity contribution >= 4 is 10.9 Å². The molecule has 1 N–H and O–H groups in total. The number of pyridine rings is 1. The number of aromatic amines is 1. The lowest BCUT2D eigenvalue weighted by Crippen LogP contribution is -2.19. The average molecular weight is 219 g/mol. The standard InChI is InChI=1S/C12H17N3O/c1-7(2)9(4)16-12-11-8(3)14-15-10(11)5-6-13-12/h5-7,9H,1-4H3,(H,14,15). The van der Waals surface area contributed by atoms with Gasteiger partial charge in [0.1, 0.15) is 0 Å². The van der Waals surface area contributed by atoms with Crippen LogP contribution in [-0.4, -0.2) is 21.3 Å². The van der Waals surface area contributed by atoms with Gasteiger partial charge in [0, 0.05) is 11.9 Å². The summed E-state index contributed by atoms with van der Waals surface area (Å²) in [5.41, 5.74) is 1.90. The molecule has 1 unspecified atom stereocenters. The van der Waals surface area contributed by atoms with Crippen LogP contribution >= 0.6 is 0 Å². The summed E-state index contributed by atoms with van der Waals surface area (Å²) in [6.07, 6.45) is 1.87. The van der Waals surface area contributed by atoms with Gasteiger partial charge in [0.15, 0.2) is 0 Å². The number of hydrogen-bond acceptors (Lipinski definition) is 3. The second kappa shape index (κ2) is 4.12. The molecule has 1 atom stereocenters. The van der Waals surface area contributed by atoms with E-state index in [1.807, 2.05) is 13.0 Å². The summed E-state index contributed by atoms with van der Waals surface area (Å²) >= 11 is 0. The highest BCUT2D eigenvalue weighted by Gasteiger charge is 2.14. The van der Waals surface area contributed by atoms with Gasteiger partial charge in [0.25, 0.3) is 0 Å². The Balaban J connectivity index is 2.40. The molecule has 0 aliphatic rings. The molecule has 0 saturated heterocycles. The van der Waals surface area contributed by atoms with E-state index in [0.717, 1.165) is 16.6 Å². The Bertz CT molecular complexity index is 490. The second-order valence-electron chi connectivity index (χ2n) is 4.43. The minimum absolute atomic E-state index is 0.146. The molecule has 4 heteroatoms. The fourth-order valence-electron chi connectivity index (χ4n) is 1.48. The molecule has 0 aliphatic carbocycles. The molecule has 0 fully saturated rings. The molecule has 2 rings (SSSR count). The number of fused-ring (bicyclic) bond motifs is 1. The van der Waals surface area contributed by atoms with Crippen LogP contribution in [0.5, 0.6) is 5.88 Å². The molecule has 0 radical (unpaired) electrons. The number of rotatable bonds is 3. The number of aryl methyl sites for hydroxylation is 1. The lowest BCUT2D eigenvalue weighted by atomic mass is 10.1. The van der Waals surface area contributed by atoms with Crippen LogP contribution in [0, 0.1) is 12.8 Å². The first kappa shape index (κ1) is 10.9. The quantitative estimate of drug-likeness (QED) is 0.863. The van der Waals surface area contributed by atoms with Crippen LogP contribution in [0.25, 0.3) is 10.9 Å². The number of hydrogen-bond donors (Lipinski definition) is 1. The van der Waals surface area contributed by atoms with Crippen LogP contribution < -0.4 is 4.74 Å². The number of nitrogens with zero attached hydrogens (tertiary/aromatic N) is 2. The van der Waals surface area contributed by atoms with Gasteiger partial charge >= 0.3 is 0 Å². The van der Waals surface area contributed by atoms with Gasteiger partial charge in [-0.15, -0.1) is 0 Å². The summed E-state index contributed by atoms with van der Waals surface area (Å²) in [4.78, 5) is 4.28. The molecule has 16 heavy (non-hydrogen) atoms. The molecule has 0 spiro atoms. The largest absolute Gasteiger partial charge is 0.474 e. The van der Waals surface area contributed by atoms with Crippen LogP contribution in [0.4, 0.5) is 0 Å². The highest BCUT2D eigenvalue weighted by Crippen LogP contribution is 2.25. The zero-order valence-electron chi connectivity index (χ0n) is 10.1. The Hall–Kier alpha value is -1.58. The normalized spacial score (nSPS) is 13.3. The van der Waals surface area contributed by atoms with Crippen molar-refractivity contribution in [2.45, 2.75) is 33.8 Å². The monoisotopic (exact) mass is 219 g/mol. The Morgan fingerprint density at radius 3 is 2.75 bits per heavy atom. The Labute approximate surface area is 95.0 Å². The van der Waals surface area contributed by atoms with Crippen molar-refractivity contribution in [2.75, 3.05) is 0 Å². The van der Waals surface area contributed by atoms with Crippen molar-refractivity contribution in [1.29, 1.82) is 0 Å². The zero-order valence-corrected chi connectivity index (χ0v) is 10.1. The molecule has 2 aromatic rings. The molecule has 2 heterocycles. The van der Waals surface area contributed by atoms with Crippen LogP contribution in [0.2, 0.25) is 0 Å². The smallest absolute Gasteiger partial charge is 0.225 e. The van der Waals surface area contributed by atoms with Gasteiger partial charge in [-0.05, 0) is 25.8 Å². The number of ether oxygens (including phenoxy) is 1. The van der Waals surface area contributed by atoms with E-state index < -0.39 is 0 Å². The summed E-state index contributed by atoms with van der Waals surface area (Å²) in [5, 5.41) is 8.12. The van der Waals surface area contributed by atoms with E-state index in [0.29, 0.717) is 11.8 Å². The van der Waals surface area contributed by atoms with Crippen molar-refractivity contribution in [3.63, 3.8) is 0 Å². The zero-order chi connectivity index (χ0) is 11.7. The van der Waals surface area contributed by atoms with E-state index in [-0.39, 0.29) is 6.10 Å².